The van der Waals surface area contributed by atoms with Crippen molar-refractivity contribution in [2.45, 2.75) is 13.5 Å². The van der Waals surface area contributed by atoms with Crippen molar-refractivity contribution in [3.05, 3.63) is 94.1 Å². The lowest BCUT2D eigenvalue weighted by atomic mass is 10.1. The molecule has 1 heterocycles. The Morgan fingerprint density at radius 1 is 1.00 bits per heavy atom. The molecule has 7 heteroatoms. The first kappa shape index (κ1) is 23.0. The molecule has 0 N–H and O–H groups in total. The van der Waals surface area contributed by atoms with Gasteiger partial charge in [-0.25, -0.2) is 0 Å². The summed E-state index contributed by atoms with van der Waals surface area (Å²) >= 11 is 9.16. The number of ether oxygens (including phenoxy) is 2. The van der Waals surface area contributed by atoms with Crippen LogP contribution in [0.25, 0.3) is 6.08 Å². The molecule has 168 valence electrons. The first-order valence-electron chi connectivity index (χ1n) is 10.5. The molecule has 0 aliphatic carbocycles. The maximum Gasteiger partial charge on any atom is 0.281 e. The van der Waals surface area contributed by atoms with Gasteiger partial charge in [-0.1, -0.05) is 48.5 Å². The van der Waals surface area contributed by atoms with Crippen LogP contribution in [0.15, 0.2) is 83.0 Å². The van der Waals surface area contributed by atoms with Crippen LogP contribution in [0, 0.1) is 0 Å². The van der Waals surface area contributed by atoms with Crippen LogP contribution in [0.4, 0.5) is 5.69 Å². The van der Waals surface area contributed by atoms with Gasteiger partial charge in [0.2, 0.25) is 0 Å². The summed E-state index contributed by atoms with van der Waals surface area (Å²) in [4.78, 5) is 16.5. The minimum absolute atomic E-state index is 0.174. The number of para-hydroxylation sites is 1. The third-order valence-electron chi connectivity index (χ3n) is 5.14. The molecular weight excluding hydrogens is 500 g/mol. The predicted octanol–water partition coefficient (Wildman–Crippen LogP) is 6.03. The Morgan fingerprint density at radius 3 is 2.33 bits per heavy atom. The second-order valence-corrected chi connectivity index (χ2v) is 8.60. The molecule has 33 heavy (non-hydrogen) atoms. The van der Waals surface area contributed by atoms with Crippen LogP contribution < -0.4 is 14.4 Å². The molecule has 0 bridgehead atoms. The Kier molecular flexibility index (Phi) is 7.11. The van der Waals surface area contributed by atoms with Crippen LogP contribution in [0.1, 0.15) is 18.1 Å². The van der Waals surface area contributed by atoms with Crippen molar-refractivity contribution < 1.29 is 14.3 Å². The lowest BCUT2D eigenvalue weighted by molar-refractivity contribution is -0.114. The summed E-state index contributed by atoms with van der Waals surface area (Å²) in [5.41, 5.74) is 3.08. The zero-order chi connectivity index (χ0) is 23.4. The molecule has 0 aromatic heterocycles. The average molecular weight is 523 g/mol. The Hall–Kier alpha value is -3.16. The minimum atomic E-state index is -0.174. The number of benzene rings is 3. The Morgan fingerprint density at radius 2 is 1.67 bits per heavy atom. The maximum atomic E-state index is 13.2. The van der Waals surface area contributed by atoms with Gasteiger partial charge in [0.05, 0.1) is 16.8 Å². The summed E-state index contributed by atoms with van der Waals surface area (Å²) in [6.07, 6.45) is 1.81. The molecule has 0 radical (unpaired) electrons. The lowest BCUT2D eigenvalue weighted by Gasteiger charge is -2.16. The fraction of sp³-hybridized carbons (Fsp3) is 0.154. The Bertz CT molecular complexity index is 1200. The first-order chi connectivity index (χ1) is 16.0. The minimum Gasteiger partial charge on any atom is -0.490 e. The zero-order valence-corrected chi connectivity index (χ0v) is 20.7. The number of hydrogen-bond acceptors (Lipinski definition) is 4. The first-order valence-corrected chi connectivity index (χ1v) is 11.7. The lowest BCUT2D eigenvalue weighted by Crippen LogP contribution is -2.30. The third kappa shape index (κ3) is 4.94. The highest BCUT2D eigenvalue weighted by atomic mass is 79.9. The van der Waals surface area contributed by atoms with Crippen molar-refractivity contribution in [2.24, 2.45) is 0 Å². The molecular formula is C26H23BrN2O3S. The summed E-state index contributed by atoms with van der Waals surface area (Å²) in [5.74, 6) is 1.05. The van der Waals surface area contributed by atoms with E-state index in [1.165, 1.54) is 4.90 Å². The molecule has 0 unspecified atom stereocenters. The summed E-state index contributed by atoms with van der Waals surface area (Å²) in [6, 6.07) is 23.1. The van der Waals surface area contributed by atoms with E-state index in [1.807, 2.05) is 85.8 Å². The van der Waals surface area contributed by atoms with Crippen molar-refractivity contribution in [1.29, 1.82) is 0 Å². The number of carbonyl (C=O) groups is 1. The number of halogens is 1. The maximum absolute atomic E-state index is 13.2. The molecule has 5 nitrogen and oxygen atoms in total. The molecule has 3 aromatic carbocycles. The van der Waals surface area contributed by atoms with Crippen LogP contribution in [0.2, 0.25) is 0 Å². The van der Waals surface area contributed by atoms with E-state index in [9.17, 15) is 4.79 Å². The standard InChI is InChI=1S/C26H23BrN2O3S/c1-3-31-23-16-19(14-21(27)24(23)32-17-18-10-6-4-7-11-18)15-22-25(30)29(26(33)28(22)2)20-12-8-5-9-13-20/h4-16H,3,17H2,1-2H3/b22-15-. The fourth-order valence-corrected chi connectivity index (χ4v) is 4.38. The van der Waals surface area contributed by atoms with Gasteiger partial charge in [0, 0.05) is 7.05 Å². The molecule has 0 saturated carbocycles. The normalized spacial score (nSPS) is 14.8. The van der Waals surface area contributed by atoms with E-state index in [0.717, 1.165) is 21.3 Å². The van der Waals surface area contributed by atoms with Gasteiger partial charge in [-0.15, -0.1) is 0 Å². The highest BCUT2D eigenvalue weighted by Gasteiger charge is 2.36. The fourth-order valence-electron chi connectivity index (χ4n) is 3.52. The van der Waals surface area contributed by atoms with Crippen LogP contribution in [0.3, 0.4) is 0 Å². The van der Waals surface area contributed by atoms with E-state index in [2.05, 4.69) is 15.9 Å². The highest BCUT2D eigenvalue weighted by Crippen LogP contribution is 2.38. The predicted molar refractivity (Wildman–Crippen MR) is 138 cm³/mol. The highest BCUT2D eigenvalue weighted by molar-refractivity contribution is 9.10. The molecule has 4 rings (SSSR count). The van der Waals surface area contributed by atoms with E-state index in [-0.39, 0.29) is 5.91 Å². The quantitative estimate of drug-likeness (QED) is 0.280. The van der Waals surface area contributed by atoms with Crippen LogP contribution in [-0.2, 0) is 11.4 Å². The molecule has 1 aliphatic heterocycles. The topological polar surface area (TPSA) is 42.0 Å². The summed E-state index contributed by atoms with van der Waals surface area (Å²) < 4.78 is 12.7. The number of amides is 1. The van der Waals surface area contributed by atoms with E-state index in [1.54, 1.807) is 11.9 Å². The third-order valence-corrected chi connectivity index (χ3v) is 6.18. The Labute approximate surface area is 207 Å². The molecule has 1 aliphatic rings. The molecule has 1 saturated heterocycles. The average Bonchev–Trinajstić information content (AvgIpc) is 3.03. The van der Waals surface area contributed by atoms with E-state index in [0.29, 0.717) is 35.5 Å². The molecule has 1 fully saturated rings. The SMILES string of the molecule is CCOc1cc(/C=C2/C(=O)N(c3ccccc3)C(=S)N2C)cc(Br)c1OCc1ccccc1. The smallest absolute Gasteiger partial charge is 0.281 e. The van der Waals surface area contributed by atoms with Crippen molar-refractivity contribution in [1.82, 2.24) is 4.90 Å². The van der Waals surface area contributed by atoms with E-state index in [4.69, 9.17) is 21.7 Å². The molecule has 1 amide bonds. The van der Waals surface area contributed by atoms with Gasteiger partial charge < -0.3 is 14.4 Å². The molecule has 0 atom stereocenters. The van der Waals surface area contributed by atoms with Crippen molar-refractivity contribution in [3.8, 4) is 11.5 Å². The number of rotatable bonds is 7. The summed E-state index contributed by atoms with van der Waals surface area (Å²) in [5, 5.41) is 0.435. The van der Waals surface area contributed by atoms with Gasteiger partial charge in [0.15, 0.2) is 16.6 Å². The van der Waals surface area contributed by atoms with Crippen molar-refractivity contribution in [3.63, 3.8) is 0 Å². The van der Waals surface area contributed by atoms with E-state index < -0.39 is 0 Å². The number of nitrogens with zero attached hydrogens (tertiary/aromatic N) is 2. The van der Waals surface area contributed by atoms with Gasteiger partial charge in [-0.3, -0.25) is 9.69 Å². The molecule has 3 aromatic rings. The van der Waals surface area contributed by atoms with E-state index >= 15 is 0 Å². The van der Waals surface area contributed by atoms with Crippen LogP contribution in [0.5, 0.6) is 11.5 Å². The number of carbonyl (C=O) groups excluding carboxylic acids is 1. The largest absolute Gasteiger partial charge is 0.490 e. The number of thiocarbonyl (C=S) groups is 1. The van der Waals surface area contributed by atoms with Crippen molar-refractivity contribution in [2.75, 3.05) is 18.6 Å². The zero-order valence-electron chi connectivity index (χ0n) is 18.3. The summed E-state index contributed by atoms with van der Waals surface area (Å²) in [7, 11) is 1.80. The van der Waals surface area contributed by atoms with Gasteiger partial charge in [0.1, 0.15) is 12.3 Å². The second kappa shape index (κ2) is 10.2. The number of hydrogen-bond donors (Lipinski definition) is 0. The Balaban J connectivity index is 1.64. The van der Waals surface area contributed by atoms with Crippen molar-refractivity contribution >= 4 is 50.9 Å². The van der Waals surface area contributed by atoms with Gasteiger partial charge in [-0.2, -0.15) is 0 Å². The van der Waals surface area contributed by atoms with Gasteiger partial charge in [0.25, 0.3) is 5.91 Å². The second-order valence-electron chi connectivity index (χ2n) is 7.38. The summed E-state index contributed by atoms with van der Waals surface area (Å²) in [6.45, 7) is 2.82. The van der Waals surface area contributed by atoms with Crippen LogP contribution in [-0.4, -0.2) is 29.6 Å². The van der Waals surface area contributed by atoms with Gasteiger partial charge >= 0.3 is 0 Å². The number of anilines is 1. The van der Waals surface area contributed by atoms with Crippen LogP contribution >= 0.6 is 28.1 Å². The monoisotopic (exact) mass is 522 g/mol. The van der Waals surface area contributed by atoms with Gasteiger partial charge in [-0.05, 0) is 76.5 Å². The molecule has 0 spiro atoms. The number of likely N-dealkylation sites (N-methyl/N-ethyl adjacent to an activating group) is 1.